The van der Waals surface area contributed by atoms with E-state index >= 15 is 0 Å². The van der Waals surface area contributed by atoms with E-state index in [1.807, 2.05) is 6.07 Å². The normalized spacial score (nSPS) is 18.2. The highest BCUT2D eigenvalue weighted by atomic mass is 32.1. The maximum Gasteiger partial charge on any atom is 0.187 e. The highest BCUT2D eigenvalue weighted by molar-refractivity contribution is 7.22. The Bertz CT molecular complexity index is 786. The van der Waals surface area contributed by atoms with Gasteiger partial charge in [-0.05, 0) is 19.1 Å². The largest absolute Gasteiger partial charge is 0.336 e. The van der Waals surface area contributed by atoms with Crippen molar-refractivity contribution in [2.24, 2.45) is 0 Å². The fraction of sp³-hybridized carbons (Fsp3) is 0.438. The quantitative estimate of drug-likeness (QED) is 0.725. The van der Waals surface area contributed by atoms with E-state index in [0.29, 0.717) is 5.92 Å². The average molecular weight is 313 g/mol. The van der Waals surface area contributed by atoms with Crippen LogP contribution in [0.15, 0.2) is 24.3 Å². The molecule has 6 heteroatoms. The van der Waals surface area contributed by atoms with E-state index in [-0.39, 0.29) is 6.04 Å². The monoisotopic (exact) mass is 313 g/mol. The van der Waals surface area contributed by atoms with Crippen LogP contribution in [-0.4, -0.2) is 26.3 Å². The molecule has 4 rings (SSSR count). The molecule has 3 heterocycles. The summed E-state index contributed by atoms with van der Waals surface area (Å²) in [5.74, 6) is 2.54. The molecule has 1 aromatic carbocycles. The maximum atomic E-state index is 4.79. The van der Waals surface area contributed by atoms with Crippen LogP contribution in [0.3, 0.4) is 0 Å². The second-order valence-corrected chi connectivity index (χ2v) is 7.07. The van der Waals surface area contributed by atoms with E-state index in [4.69, 9.17) is 4.98 Å². The zero-order valence-electron chi connectivity index (χ0n) is 13.0. The van der Waals surface area contributed by atoms with Crippen molar-refractivity contribution in [1.29, 1.82) is 0 Å². The Hall–Kier alpha value is -1.95. The molecule has 0 N–H and O–H groups in total. The van der Waals surface area contributed by atoms with E-state index < -0.39 is 0 Å². The molecule has 3 aromatic rings. The fourth-order valence-corrected chi connectivity index (χ4v) is 4.15. The Morgan fingerprint density at radius 3 is 2.77 bits per heavy atom. The fourth-order valence-electron chi connectivity index (χ4n) is 3.08. The summed E-state index contributed by atoms with van der Waals surface area (Å²) in [6.45, 7) is 8.40. The lowest BCUT2D eigenvalue weighted by atomic mass is 10.1. The van der Waals surface area contributed by atoms with Crippen LogP contribution in [-0.2, 0) is 6.54 Å². The summed E-state index contributed by atoms with van der Waals surface area (Å²) >= 11 is 1.75. The molecule has 0 saturated heterocycles. The molecule has 0 saturated carbocycles. The molecule has 1 unspecified atom stereocenters. The van der Waals surface area contributed by atoms with Crippen molar-refractivity contribution in [1.82, 2.24) is 19.7 Å². The van der Waals surface area contributed by atoms with Gasteiger partial charge in [0, 0.05) is 19.0 Å². The standard InChI is InChI=1S/C16H19N5S/c1-10(2)14-18-19-15-11(3)20(8-9-21(14)15)16-17-12-6-4-5-7-13(12)22-16/h4-7,10-11H,8-9H2,1-3H3. The number of rotatable bonds is 2. The van der Waals surface area contributed by atoms with Gasteiger partial charge in [0.1, 0.15) is 5.82 Å². The summed E-state index contributed by atoms with van der Waals surface area (Å²) in [5.41, 5.74) is 1.07. The lowest BCUT2D eigenvalue weighted by molar-refractivity contribution is 0.480. The van der Waals surface area contributed by atoms with E-state index in [1.165, 1.54) is 4.70 Å². The van der Waals surface area contributed by atoms with Gasteiger partial charge in [0.15, 0.2) is 11.0 Å². The van der Waals surface area contributed by atoms with E-state index in [1.54, 1.807) is 11.3 Å². The highest BCUT2D eigenvalue weighted by Crippen LogP contribution is 2.35. The molecule has 1 aliphatic heterocycles. The molecular formula is C16H19N5S. The van der Waals surface area contributed by atoms with Gasteiger partial charge in [0.2, 0.25) is 0 Å². The van der Waals surface area contributed by atoms with Gasteiger partial charge in [-0.3, -0.25) is 0 Å². The lowest BCUT2D eigenvalue weighted by Gasteiger charge is -2.33. The number of benzene rings is 1. The van der Waals surface area contributed by atoms with Crippen LogP contribution < -0.4 is 4.90 Å². The van der Waals surface area contributed by atoms with Gasteiger partial charge in [-0.25, -0.2) is 4.98 Å². The maximum absolute atomic E-state index is 4.79. The Morgan fingerprint density at radius 2 is 2.00 bits per heavy atom. The zero-order valence-corrected chi connectivity index (χ0v) is 13.8. The molecule has 0 fully saturated rings. The van der Waals surface area contributed by atoms with E-state index in [0.717, 1.165) is 35.4 Å². The van der Waals surface area contributed by atoms with Crippen molar-refractivity contribution in [2.45, 2.75) is 39.3 Å². The zero-order chi connectivity index (χ0) is 15.3. The number of para-hydroxylation sites is 1. The first-order valence-corrected chi connectivity index (χ1v) is 8.52. The van der Waals surface area contributed by atoms with Gasteiger partial charge in [0.25, 0.3) is 0 Å². The minimum atomic E-state index is 0.203. The van der Waals surface area contributed by atoms with Crippen LogP contribution in [0.5, 0.6) is 0 Å². The van der Waals surface area contributed by atoms with Crippen LogP contribution in [0.1, 0.15) is 44.4 Å². The Morgan fingerprint density at radius 1 is 1.18 bits per heavy atom. The van der Waals surface area contributed by atoms with Gasteiger partial charge in [-0.2, -0.15) is 0 Å². The summed E-state index contributed by atoms with van der Waals surface area (Å²) in [5, 5.41) is 9.90. The van der Waals surface area contributed by atoms with Gasteiger partial charge in [-0.1, -0.05) is 37.3 Å². The molecule has 5 nitrogen and oxygen atoms in total. The average Bonchev–Trinajstić information content (AvgIpc) is 3.11. The minimum Gasteiger partial charge on any atom is -0.336 e. The predicted octanol–water partition coefficient (Wildman–Crippen LogP) is 3.59. The van der Waals surface area contributed by atoms with Crippen molar-refractivity contribution in [3.8, 4) is 0 Å². The third-order valence-corrected chi connectivity index (χ3v) is 5.33. The summed E-state index contributed by atoms with van der Waals surface area (Å²) in [7, 11) is 0. The van der Waals surface area contributed by atoms with Crippen molar-refractivity contribution < 1.29 is 0 Å². The Balaban J connectivity index is 1.72. The van der Waals surface area contributed by atoms with E-state index in [9.17, 15) is 0 Å². The number of nitrogens with zero attached hydrogens (tertiary/aromatic N) is 5. The lowest BCUT2D eigenvalue weighted by Crippen LogP contribution is -2.37. The summed E-state index contributed by atoms with van der Waals surface area (Å²) in [6, 6.07) is 8.51. The topological polar surface area (TPSA) is 46.8 Å². The molecular weight excluding hydrogens is 294 g/mol. The molecule has 0 radical (unpaired) electrons. The number of thiazole rings is 1. The Labute approximate surface area is 133 Å². The number of anilines is 1. The minimum absolute atomic E-state index is 0.203. The van der Waals surface area contributed by atoms with Gasteiger partial charge in [0.05, 0.1) is 16.3 Å². The first kappa shape index (κ1) is 13.7. The second kappa shape index (κ2) is 5.05. The molecule has 0 aliphatic carbocycles. The van der Waals surface area contributed by atoms with Gasteiger partial charge < -0.3 is 9.47 Å². The third-order valence-electron chi connectivity index (χ3n) is 4.26. The Kier molecular flexibility index (Phi) is 3.14. The number of hydrogen-bond acceptors (Lipinski definition) is 5. The van der Waals surface area contributed by atoms with Crippen LogP contribution in [0.2, 0.25) is 0 Å². The smallest absolute Gasteiger partial charge is 0.187 e. The highest BCUT2D eigenvalue weighted by Gasteiger charge is 2.30. The molecule has 2 aromatic heterocycles. The number of aromatic nitrogens is 4. The predicted molar refractivity (Wildman–Crippen MR) is 89.5 cm³/mol. The number of hydrogen-bond donors (Lipinski definition) is 0. The summed E-state index contributed by atoms with van der Waals surface area (Å²) in [6.07, 6.45) is 0. The molecule has 22 heavy (non-hydrogen) atoms. The van der Waals surface area contributed by atoms with Crippen LogP contribution in [0.25, 0.3) is 10.2 Å². The van der Waals surface area contributed by atoms with Gasteiger partial charge >= 0.3 is 0 Å². The van der Waals surface area contributed by atoms with Crippen molar-refractivity contribution in [2.75, 3.05) is 11.4 Å². The molecule has 0 spiro atoms. The molecule has 1 aliphatic rings. The third kappa shape index (κ3) is 2.01. The number of fused-ring (bicyclic) bond motifs is 2. The molecule has 0 amide bonds. The molecule has 0 bridgehead atoms. The first-order chi connectivity index (χ1) is 10.6. The summed E-state index contributed by atoms with van der Waals surface area (Å²) in [4.78, 5) is 7.13. The summed E-state index contributed by atoms with van der Waals surface area (Å²) < 4.78 is 3.51. The molecule has 1 atom stereocenters. The van der Waals surface area contributed by atoms with Crippen LogP contribution in [0.4, 0.5) is 5.13 Å². The second-order valence-electron chi connectivity index (χ2n) is 6.06. The van der Waals surface area contributed by atoms with Crippen LogP contribution >= 0.6 is 11.3 Å². The van der Waals surface area contributed by atoms with Crippen molar-refractivity contribution >= 4 is 26.7 Å². The molecule has 114 valence electrons. The van der Waals surface area contributed by atoms with Crippen molar-refractivity contribution in [3.05, 3.63) is 35.9 Å². The van der Waals surface area contributed by atoms with Crippen molar-refractivity contribution in [3.63, 3.8) is 0 Å². The SMILES string of the molecule is CC(C)c1nnc2n1CCN(c1nc3ccccc3s1)C2C. The van der Waals surface area contributed by atoms with E-state index in [2.05, 4.69) is 58.6 Å². The first-order valence-electron chi connectivity index (χ1n) is 7.70. The van der Waals surface area contributed by atoms with Gasteiger partial charge in [-0.15, -0.1) is 10.2 Å². The van der Waals surface area contributed by atoms with Crippen LogP contribution in [0, 0.1) is 0 Å².